The molecule has 33 heavy (non-hydrogen) atoms. The molecule has 0 aliphatic rings. The van der Waals surface area contributed by atoms with Crippen molar-refractivity contribution in [1.29, 1.82) is 0 Å². The molecular formula is C23H26ClN5O3S. The van der Waals surface area contributed by atoms with E-state index in [0.29, 0.717) is 30.0 Å². The summed E-state index contributed by atoms with van der Waals surface area (Å²) in [6, 6.07) is 18.5. The van der Waals surface area contributed by atoms with Gasteiger partial charge in [-0.15, -0.1) is 11.6 Å². The third-order valence-electron chi connectivity index (χ3n) is 4.65. The lowest BCUT2D eigenvalue weighted by molar-refractivity contribution is -0.117. The normalized spacial score (nSPS) is 11.1. The maximum atomic E-state index is 12.0. The Morgan fingerprint density at radius 3 is 2.39 bits per heavy atom. The summed E-state index contributed by atoms with van der Waals surface area (Å²) in [5.41, 5.74) is 9.11. The number of nitrogens with zero attached hydrogens (tertiary/aromatic N) is 1. The van der Waals surface area contributed by atoms with Gasteiger partial charge in [0.2, 0.25) is 15.9 Å². The zero-order valence-corrected chi connectivity index (χ0v) is 19.5. The van der Waals surface area contributed by atoms with Crippen LogP contribution in [0.25, 0.3) is 0 Å². The highest BCUT2D eigenvalue weighted by Crippen LogP contribution is 2.24. The minimum Gasteiger partial charge on any atom is -0.381 e. The Morgan fingerprint density at radius 1 is 1.03 bits per heavy atom. The van der Waals surface area contributed by atoms with Crippen LogP contribution in [0, 0.1) is 0 Å². The van der Waals surface area contributed by atoms with Gasteiger partial charge in [-0.3, -0.25) is 9.52 Å². The van der Waals surface area contributed by atoms with Crippen molar-refractivity contribution < 1.29 is 13.2 Å². The Hall–Kier alpha value is -3.30. The topological polar surface area (TPSA) is 126 Å². The van der Waals surface area contributed by atoms with Crippen LogP contribution >= 0.6 is 11.6 Å². The molecule has 0 saturated carbocycles. The number of rotatable bonds is 12. The lowest BCUT2D eigenvalue weighted by Crippen LogP contribution is -2.16. The lowest BCUT2D eigenvalue weighted by atomic mass is 10.1. The van der Waals surface area contributed by atoms with E-state index < -0.39 is 15.9 Å². The zero-order valence-electron chi connectivity index (χ0n) is 17.9. The molecule has 1 heterocycles. The van der Waals surface area contributed by atoms with Crippen molar-refractivity contribution in [2.24, 2.45) is 5.73 Å². The molecule has 8 nitrogen and oxygen atoms in total. The van der Waals surface area contributed by atoms with Crippen LogP contribution in [-0.2, 0) is 27.8 Å². The summed E-state index contributed by atoms with van der Waals surface area (Å²) in [5.74, 6) is 0.382. The van der Waals surface area contributed by atoms with Gasteiger partial charge in [0.05, 0.1) is 12.2 Å². The van der Waals surface area contributed by atoms with E-state index in [1.807, 2.05) is 36.4 Å². The van der Waals surface area contributed by atoms with Gasteiger partial charge in [-0.05, 0) is 36.2 Å². The fourth-order valence-corrected chi connectivity index (χ4v) is 4.50. The molecule has 0 fully saturated rings. The standard InChI is InChI=1S/C23H26ClN5O3S/c24-11-4-12-33(31,32)29-20-9-7-19(8-10-20)28-23-14-21(18(16-27-23)13-22(25)30)26-15-17-5-2-1-3-6-17/h1-3,5-10,14,16,29H,4,11-13,15H2,(H2,25,30)(H2,26,27,28). The maximum Gasteiger partial charge on any atom is 0.232 e. The number of amides is 1. The first-order valence-electron chi connectivity index (χ1n) is 10.3. The van der Waals surface area contributed by atoms with Crippen molar-refractivity contribution in [1.82, 2.24) is 4.98 Å². The largest absolute Gasteiger partial charge is 0.381 e. The lowest BCUT2D eigenvalue weighted by Gasteiger charge is -2.14. The summed E-state index contributed by atoms with van der Waals surface area (Å²) in [6.07, 6.45) is 2.07. The van der Waals surface area contributed by atoms with Gasteiger partial charge in [0.15, 0.2) is 0 Å². The number of pyridine rings is 1. The fraction of sp³-hybridized carbons (Fsp3) is 0.217. The smallest absolute Gasteiger partial charge is 0.232 e. The number of nitrogens with two attached hydrogens (primary N) is 1. The third-order valence-corrected chi connectivity index (χ3v) is 6.29. The number of primary amides is 1. The predicted octanol–water partition coefficient (Wildman–Crippen LogP) is 3.84. The van der Waals surface area contributed by atoms with Gasteiger partial charge >= 0.3 is 0 Å². The first kappa shape index (κ1) is 24.3. The van der Waals surface area contributed by atoms with Crippen molar-refractivity contribution >= 4 is 50.4 Å². The molecule has 0 saturated heterocycles. The van der Waals surface area contributed by atoms with Crippen LogP contribution in [0.1, 0.15) is 17.5 Å². The Kier molecular flexibility index (Phi) is 8.51. The summed E-state index contributed by atoms with van der Waals surface area (Å²) in [6.45, 7) is 0.578. The summed E-state index contributed by atoms with van der Waals surface area (Å²) in [5, 5.41) is 6.52. The van der Waals surface area contributed by atoms with Crippen LogP contribution in [0.4, 0.5) is 22.9 Å². The van der Waals surface area contributed by atoms with Crippen LogP contribution in [0.15, 0.2) is 66.9 Å². The monoisotopic (exact) mass is 487 g/mol. The van der Waals surface area contributed by atoms with Gasteiger partial charge < -0.3 is 16.4 Å². The second-order valence-electron chi connectivity index (χ2n) is 7.37. The Labute approximate surface area is 198 Å². The second kappa shape index (κ2) is 11.5. The quantitative estimate of drug-likeness (QED) is 0.287. The third kappa shape index (κ3) is 7.96. The van der Waals surface area contributed by atoms with E-state index >= 15 is 0 Å². The number of sulfonamides is 1. The average Bonchev–Trinajstić information content (AvgIpc) is 2.79. The van der Waals surface area contributed by atoms with Crippen molar-refractivity contribution in [2.75, 3.05) is 27.0 Å². The number of anilines is 4. The van der Waals surface area contributed by atoms with Crippen molar-refractivity contribution in [3.63, 3.8) is 0 Å². The minimum atomic E-state index is -3.43. The molecule has 0 bridgehead atoms. The molecule has 5 N–H and O–H groups in total. The first-order valence-corrected chi connectivity index (χ1v) is 12.5. The van der Waals surface area contributed by atoms with Crippen LogP contribution in [-0.4, -0.2) is 30.9 Å². The number of aromatic nitrogens is 1. The van der Waals surface area contributed by atoms with E-state index in [1.165, 1.54) is 0 Å². The van der Waals surface area contributed by atoms with Crippen molar-refractivity contribution in [3.8, 4) is 0 Å². The SMILES string of the molecule is NC(=O)Cc1cnc(Nc2ccc(NS(=O)(=O)CCCCl)cc2)cc1NCc1ccccc1. The minimum absolute atomic E-state index is 0.0309. The molecule has 0 atom stereocenters. The summed E-state index contributed by atoms with van der Waals surface area (Å²) < 4.78 is 26.5. The fourth-order valence-electron chi connectivity index (χ4n) is 3.08. The van der Waals surface area contributed by atoms with Crippen LogP contribution in [0.2, 0.25) is 0 Å². The number of benzene rings is 2. The molecule has 174 valence electrons. The van der Waals surface area contributed by atoms with Crippen molar-refractivity contribution in [3.05, 3.63) is 78.0 Å². The van der Waals surface area contributed by atoms with Gasteiger partial charge in [-0.25, -0.2) is 13.4 Å². The molecule has 0 aliphatic heterocycles. The number of carbonyl (C=O) groups excluding carboxylic acids is 1. The summed E-state index contributed by atoms with van der Waals surface area (Å²) >= 11 is 5.57. The molecular weight excluding hydrogens is 462 g/mol. The highest BCUT2D eigenvalue weighted by Gasteiger charge is 2.11. The molecule has 0 aliphatic carbocycles. The van der Waals surface area contributed by atoms with Crippen LogP contribution in [0.3, 0.4) is 0 Å². The van der Waals surface area contributed by atoms with Gasteiger partial charge in [-0.2, -0.15) is 0 Å². The molecule has 0 unspecified atom stereocenters. The van der Waals surface area contributed by atoms with Gasteiger partial charge in [0.1, 0.15) is 5.82 Å². The van der Waals surface area contributed by atoms with Gasteiger partial charge in [0.25, 0.3) is 0 Å². The number of halogens is 1. The molecule has 0 radical (unpaired) electrons. The summed E-state index contributed by atoms with van der Waals surface area (Å²) in [4.78, 5) is 15.8. The second-order valence-corrected chi connectivity index (χ2v) is 9.59. The molecule has 1 aromatic heterocycles. The van der Waals surface area contributed by atoms with Crippen molar-refractivity contribution in [2.45, 2.75) is 19.4 Å². The molecule has 1 amide bonds. The number of alkyl halides is 1. The van der Waals surface area contributed by atoms with Crippen LogP contribution in [0.5, 0.6) is 0 Å². The van der Waals surface area contributed by atoms with E-state index in [0.717, 1.165) is 16.9 Å². The van der Waals surface area contributed by atoms with Gasteiger partial charge in [0, 0.05) is 47.3 Å². The van der Waals surface area contributed by atoms with Gasteiger partial charge in [-0.1, -0.05) is 30.3 Å². The zero-order chi connectivity index (χ0) is 23.7. The molecule has 3 rings (SSSR count). The number of hydrogen-bond donors (Lipinski definition) is 4. The Bertz CT molecular complexity index is 1170. The highest BCUT2D eigenvalue weighted by atomic mass is 35.5. The molecule has 3 aromatic rings. The molecule has 10 heteroatoms. The molecule has 0 spiro atoms. The predicted molar refractivity (Wildman–Crippen MR) is 133 cm³/mol. The van der Waals surface area contributed by atoms with E-state index in [1.54, 1.807) is 30.5 Å². The number of hydrogen-bond acceptors (Lipinski definition) is 6. The first-order chi connectivity index (χ1) is 15.8. The molecule has 2 aromatic carbocycles. The number of nitrogens with one attached hydrogen (secondary N) is 3. The average molecular weight is 488 g/mol. The van der Waals surface area contributed by atoms with Crippen LogP contribution < -0.4 is 21.1 Å². The summed E-state index contributed by atoms with van der Waals surface area (Å²) in [7, 11) is -3.43. The highest BCUT2D eigenvalue weighted by molar-refractivity contribution is 7.92. The Morgan fingerprint density at radius 2 is 1.73 bits per heavy atom. The van der Waals surface area contributed by atoms with E-state index in [4.69, 9.17) is 17.3 Å². The van der Waals surface area contributed by atoms with E-state index in [2.05, 4.69) is 20.3 Å². The maximum absolute atomic E-state index is 12.0. The Balaban J connectivity index is 1.71. The van der Waals surface area contributed by atoms with E-state index in [-0.39, 0.29) is 18.1 Å². The van der Waals surface area contributed by atoms with E-state index in [9.17, 15) is 13.2 Å². The number of carbonyl (C=O) groups is 1.